The first-order chi connectivity index (χ1) is 10.2. The number of nitrogens with one attached hydrogen (secondary N) is 1. The number of nitrogens with zero attached hydrogens (tertiary/aromatic N) is 1. The number of carboxylic acids is 1. The van der Waals surface area contributed by atoms with Crippen LogP contribution >= 0.6 is 0 Å². The van der Waals surface area contributed by atoms with E-state index in [0.29, 0.717) is 18.8 Å². The highest BCUT2D eigenvalue weighted by molar-refractivity contribution is 5.78. The first-order valence-corrected chi connectivity index (χ1v) is 7.84. The molecule has 1 atom stereocenters. The van der Waals surface area contributed by atoms with Gasteiger partial charge in [0.1, 0.15) is 0 Å². The Balaban J connectivity index is 3.02. The number of rotatable bonds is 8. The molecule has 1 rings (SSSR count). The topological polar surface area (TPSA) is 131 Å². The maximum atomic E-state index is 11.6. The van der Waals surface area contributed by atoms with Crippen LogP contribution in [0.3, 0.4) is 0 Å². The number of nitrogens with two attached hydrogens (primary N) is 2. The number of amides is 1. The van der Waals surface area contributed by atoms with Gasteiger partial charge >= 0.3 is 5.97 Å². The van der Waals surface area contributed by atoms with Gasteiger partial charge in [-0.3, -0.25) is 9.59 Å². The zero-order valence-electron chi connectivity index (χ0n) is 13.6. The molecule has 1 unspecified atom stereocenters. The van der Waals surface area contributed by atoms with Crippen molar-refractivity contribution in [3.05, 3.63) is 0 Å². The maximum absolute atomic E-state index is 11.6. The molecule has 1 fully saturated rings. The second-order valence-electron chi connectivity index (χ2n) is 6.25. The summed E-state index contributed by atoms with van der Waals surface area (Å²) in [5, 5.41) is 12.1. The van der Waals surface area contributed by atoms with Crippen LogP contribution in [-0.2, 0) is 9.59 Å². The van der Waals surface area contributed by atoms with Crippen molar-refractivity contribution in [3.8, 4) is 0 Å². The average molecular weight is 312 g/mol. The van der Waals surface area contributed by atoms with Crippen molar-refractivity contribution in [1.29, 1.82) is 0 Å². The van der Waals surface area contributed by atoms with E-state index in [1.54, 1.807) is 0 Å². The fourth-order valence-electron chi connectivity index (χ4n) is 3.29. The van der Waals surface area contributed by atoms with Gasteiger partial charge in [0.05, 0.1) is 17.5 Å². The highest BCUT2D eigenvalue weighted by atomic mass is 16.4. The number of carbonyl (C=O) groups is 2. The van der Waals surface area contributed by atoms with Gasteiger partial charge in [-0.05, 0) is 25.2 Å². The molecule has 6 N–H and O–H groups in total. The quantitative estimate of drug-likeness (QED) is 0.389. The van der Waals surface area contributed by atoms with Gasteiger partial charge in [0.25, 0.3) is 0 Å². The molecule has 22 heavy (non-hydrogen) atoms. The minimum atomic E-state index is -0.842. The molecule has 126 valence electrons. The number of hydrogen-bond acceptors (Lipinski definition) is 3. The minimum absolute atomic E-state index is 0.0660. The van der Waals surface area contributed by atoms with E-state index in [1.807, 2.05) is 0 Å². The molecule has 1 aliphatic rings. The van der Waals surface area contributed by atoms with Crippen molar-refractivity contribution in [3.63, 3.8) is 0 Å². The SMILES string of the molecule is CCC(CC)CC(NC(C)=O)C1(N=C(N)N)CC(C(=O)O)C1. The predicted molar refractivity (Wildman–Crippen MR) is 85.2 cm³/mol. The Labute approximate surface area is 131 Å². The second-order valence-corrected chi connectivity index (χ2v) is 6.25. The van der Waals surface area contributed by atoms with Crippen LogP contribution in [0.5, 0.6) is 0 Å². The highest BCUT2D eigenvalue weighted by Crippen LogP contribution is 2.45. The maximum Gasteiger partial charge on any atom is 0.306 e. The Morgan fingerprint density at radius 2 is 1.86 bits per heavy atom. The van der Waals surface area contributed by atoms with Crippen molar-refractivity contribution in [2.24, 2.45) is 28.3 Å². The van der Waals surface area contributed by atoms with Crippen molar-refractivity contribution >= 4 is 17.8 Å². The number of aliphatic carboxylic acids is 1. The molecule has 1 aliphatic carbocycles. The number of guanidine groups is 1. The molecule has 0 aliphatic heterocycles. The Kier molecular flexibility index (Phi) is 6.20. The third kappa shape index (κ3) is 4.35. The summed E-state index contributed by atoms with van der Waals surface area (Å²) in [6.07, 6.45) is 3.44. The molecule has 0 radical (unpaired) electrons. The fourth-order valence-corrected chi connectivity index (χ4v) is 3.29. The Morgan fingerprint density at radius 1 is 1.32 bits per heavy atom. The summed E-state index contributed by atoms with van der Waals surface area (Å²) in [4.78, 5) is 27.0. The molecule has 0 spiro atoms. The van der Waals surface area contributed by atoms with E-state index in [4.69, 9.17) is 16.6 Å². The number of carbonyl (C=O) groups excluding carboxylic acids is 1. The van der Waals surface area contributed by atoms with Crippen LogP contribution in [-0.4, -0.2) is 34.5 Å². The Morgan fingerprint density at radius 3 is 2.23 bits per heavy atom. The first-order valence-electron chi connectivity index (χ1n) is 7.84. The van der Waals surface area contributed by atoms with Crippen LogP contribution in [0.2, 0.25) is 0 Å². The normalized spacial score (nSPS) is 25.2. The summed E-state index contributed by atoms with van der Waals surface area (Å²) in [6.45, 7) is 5.66. The molecule has 0 saturated heterocycles. The standard InChI is InChI=1S/C15H28N4O3/c1-4-10(5-2)6-12(18-9(3)20)15(19-14(16)17)7-11(8-15)13(21)22/h10-12H,4-8H2,1-3H3,(H,18,20)(H,21,22)(H4,16,17,19). The molecule has 1 saturated carbocycles. The summed E-state index contributed by atoms with van der Waals surface area (Å²) in [7, 11) is 0. The van der Waals surface area contributed by atoms with Crippen LogP contribution in [0, 0.1) is 11.8 Å². The highest BCUT2D eigenvalue weighted by Gasteiger charge is 2.53. The summed E-state index contributed by atoms with van der Waals surface area (Å²) in [6, 6.07) is -0.243. The molecule has 7 nitrogen and oxygen atoms in total. The molecule has 0 aromatic rings. The number of carboxylic acid groups (broad SMARTS) is 1. The van der Waals surface area contributed by atoms with Gasteiger partial charge in [-0.15, -0.1) is 0 Å². The monoisotopic (exact) mass is 312 g/mol. The van der Waals surface area contributed by atoms with Crippen molar-refractivity contribution in [2.75, 3.05) is 0 Å². The summed E-state index contributed by atoms with van der Waals surface area (Å²) < 4.78 is 0. The minimum Gasteiger partial charge on any atom is -0.481 e. The molecule has 0 bridgehead atoms. The Hall–Kier alpha value is -1.79. The van der Waals surface area contributed by atoms with Gasteiger partial charge < -0.3 is 21.9 Å². The predicted octanol–water partition coefficient (Wildman–Crippen LogP) is 0.824. The van der Waals surface area contributed by atoms with Crippen LogP contribution in [0.4, 0.5) is 0 Å². The van der Waals surface area contributed by atoms with E-state index in [1.165, 1.54) is 6.92 Å². The van der Waals surface area contributed by atoms with Crippen LogP contribution < -0.4 is 16.8 Å². The van der Waals surface area contributed by atoms with Gasteiger partial charge in [0.2, 0.25) is 5.91 Å². The third-order valence-corrected chi connectivity index (χ3v) is 4.65. The molecule has 0 heterocycles. The largest absolute Gasteiger partial charge is 0.481 e. The molecule has 7 heteroatoms. The number of hydrogen-bond donors (Lipinski definition) is 4. The zero-order chi connectivity index (χ0) is 16.9. The smallest absolute Gasteiger partial charge is 0.306 e. The lowest BCUT2D eigenvalue weighted by Crippen LogP contribution is -2.61. The van der Waals surface area contributed by atoms with Gasteiger partial charge in [-0.25, -0.2) is 4.99 Å². The molecule has 0 aromatic heterocycles. The average Bonchev–Trinajstić information content (AvgIpc) is 2.37. The number of aliphatic imine (C=N–C) groups is 1. The van der Waals surface area contributed by atoms with E-state index in [0.717, 1.165) is 19.3 Å². The van der Waals surface area contributed by atoms with E-state index in [9.17, 15) is 9.59 Å². The fraction of sp³-hybridized carbons (Fsp3) is 0.800. The molecular weight excluding hydrogens is 284 g/mol. The van der Waals surface area contributed by atoms with Crippen LogP contribution in [0.15, 0.2) is 4.99 Å². The van der Waals surface area contributed by atoms with Crippen molar-refractivity contribution in [1.82, 2.24) is 5.32 Å². The summed E-state index contributed by atoms with van der Waals surface area (Å²) in [5.41, 5.74) is 10.4. The van der Waals surface area contributed by atoms with Crippen molar-refractivity contribution < 1.29 is 14.7 Å². The second kappa shape index (κ2) is 7.47. The van der Waals surface area contributed by atoms with Crippen LogP contribution in [0.25, 0.3) is 0 Å². The first kappa shape index (κ1) is 18.3. The Bertz CT molecular complexity index is 436. The molecule has 1 amide bonds. The third-order valence-electron chi connectivity index (χ3n) is 4.65. The van der Waals surface area contributed by atoms with E-state index in [-0.39, 0.29) is 17.9 Å². The summed E-state index contributed by atoms with van der Waals surface area (Å²) in [5.74, 6) is -1.08. The molecule has 0 aromatic carbocycles. The molecular formula is C15H28N4O3. The zero-order valence-corrected chi connectivity index (χ0v) is 13.6. The lowest BCUT2D eigenvalue weighted by atomic mass is 9.63. The van der Waals surface area contributed by atoms with E-state index < -0.39 is 17.4 Å². The van der Waals surface area contributed by atoms with Gasteiger partial charge in [0.15, 0.2) is 5.96 Å². The van der Waals surface area contributed by atoms with Crippen LogP contribution in [0.1, 0.15) is 52.9 Å². The van der Waals surface area contributed by atoms with Gasteiger partial charge in [-0.1, -0.05) is 26.7 Å². The summed E-state index contributed by atoms with van der Waals surface area (Å²) >= 11 is 0. The van der Waals surface area contributed by atoms with Crippen molar-refractivity contribution in [2.45, 2.75) is 64.5 Å². The van der Waals surface area contributed by atoms with E-state index >= 15 is 0 Å². The van der Waals surface area contributed by atoms with E-state index in [2.05, 4.69) is 24.2 Å². The lowest BCUT2D eigenvalue weighted by Gasteiger charge is -2.48. The van der Waals surface area contributed by atoms with Gasteiger partial charge in [-0.2, -0.15) is 0 Å². The lowest BCUT2D eigenvalue weighted by molar-refractivity contribution is -0.147. The van der Waals surface area contributed by atoms with Gasteiger partial charge in [0, 0.05) is 6.92 Å².